The second-order valence-electron chi connectivity index (χ2n) is 7.76. The minimum absolute atomic E-state index is 0.128. The van der Waals surface area contributed by atoms with Crippen LogP contribution in [0.3, 0.4) is 0 Å². The number of likely N-dealkylation sites (tertiary alicyclic amines) is 1. The molecule has 0 saturated carbocycles. The Balaban J connectivity index is 1.20. The van der Waals surface area contributed by atoms with E-state index in [0.29, 0.717) is 32.0 Å². The summed E-state index contributed by atoms with van der Waals surface area (Å²) in [7, 11) is 0. The SMILES string of the molecule is CCn1ccc2cc(CNC(=O)N3CC(COc4ccc(C(F)(F)F)cc4)C3)ccc21. The van der Waals surface area contributed by atoms with Crippen LogP contribution in [0.15, 0.2) is 54.7 Å². The average Bonchev–Trinajstić information content (AvgIpc) is 3.13. The van der Waals surface area contributed by atoms with Crippen LogP contribution >= 0.6 is 0 Å². The fraction of sp³-hybridized carbons (Fsp3) is 0.348. The van der Waals surface area contributed by atoms with Gasteiger partial charge in [0.1, 0.15) is 5.75 Å². The number of fused-ring (bicyclic) bond motifs is 1. The van der Waals surface area contributed by atoms with Gasteiger partial charge in [-0.25, -0.2) is 4.79 Å². The maximum absolute atomic E-state index is 12.6. The molecule has 1 saturated heterocycles. The van der Waals surface area contributed by atoms with Crippen LogP contribution in [-0.4, -0.2) is 35.2 Å². The van der Waals surface area contributed by atoms with Crippen LogP contribution in [0.25, 0.3) is 10.9 Å². The molecule has 4 rings (SSSR count). The van der Waals surface area contributed by atoms with Gasteiger partial charge in [-0.3, -0.25) is 0 Å². The number of nitrogens with one attached hydrogen (secondary N) is 1. The molecule has 0 atom stereocenters. The number of benzene rings is 2. The topological polar surface area (TPSA) is 46.5 Å². The predicted molar refractivity (Wildman–Crippen MR) is 112 cm³/mol. The van der Waals surface area contributed by atoms with Gasteiger partial charge in [-0.15, -0.1) is 0 Å². The number of alkyl halides is 3. The van der Waals surface area contributed by atoms with E-state index in [1.165, 1.54) is 17.6 Å². The van der Waals surface area contributed by atoms with E-state index in [9.17, 15) is 18.0 Å². The van der Waals surface area contributed by atoms with Crippen molar-refractivity contribution in [1.29, 1.82) is 0 Å². The second-order valence-corrected chi connectivity index (χ2v) is 7.76. The summed E-state index contributed by atoms with van der Waals surface area (Å²) in [5, 5.41) is 4.08. The first-order chi connectivity index (χ1) is 14.8. The van der Waals surface area contributed by atoms with E-state index in [2.05, 4.69) is 41.2 Å². The fourth-order valence-corrected chi connectivity index (χ4v) is 3.72. The second kappa shape index (κ2) is 8.53. The molecule has 0 bridgehead atoms. The molecular formula is C23H24F3N3O2. The maximum atomic E-state index is 12.6. The Morgan fingerprint density at radius 2 is 1.87 bits per heavy atom. The van der Waals surface area contributed by atoms with Crippen LogP contribution < -0.4 is 10.1 Å². The number of carbonyl (C=O) groups excluding carboxylic acids is 1. The first kappa shape index (κ1) is 21.1. The van der Waals surface area contributed by atoms with Gasteiger partial charge in [0, 0.05) is 43.8 Å². The molecule has 1 fully saturated rings. The number of amides is 2. The van der Waals surface area contributed by atoms with Gasteiger partial charge < -0.3 is 19.5 Å². The lowest BCUT2D eigenvalue weighted by atomic mass is 10.0. The Bertz CT molecular complexity index is 1050. The molecule has 8 heteroatoms. The van der Waals surface area contributed by atoms with Crippen LogP contribution in [0.1, 0.15) is 18.1 Å². The van der Waals surface area contributed by atoms with Crippen LogP contribution in [0.5, 0.6) is 5.75 Å². The molecule has 1 aliphatic heterocycles. The van der Waals surface area contributed by atoms with E-state index in [1.54, 1.807) is 4.90 Å². The Morgan fingerprint density at radius 1 is 1.13 bits per heavy atom. The first-order valence-corrected chi connectivity index (χ1v) is 10.2. The number of nitrogens with zero attached hydrogens (tertiary/aromatic N) is 2. The molecule has 3 aromatic rings. The largest absolute Gasteiger partial charge is 0.493 e. The van der Waals surface area contributed by atoms with E-state index >= 15 is 0 Å². The number of halogens is 3. The molecule has 164 valence electrons. The monoisotopic (exact) mass is 431 g/mol. The van der Waals surface area contributed by atoms with Gasteiger partial charge in [0.25, 0.3) is 0 Å². The zero-order chi connectivity index (χ0) is 22.0. The van der Waals surface area contributed by atoms with E-state index in [4.69, 9.17) is 4.74 Å². The standard InChI is InChI=1S/C23H24F3N3O2/c1-2-28-10-9-18-11-16(3-8-21(18)28)12-27-22(30)29-13-17(14-29)15-31-20-6-4-19(5-7-20)23(24,25)26/h3-11,17H,2,12-15H2,1H3,(H,27,30). The summed E-state index contributed by atoms with van der Waals surface area (Å²) in [6.07, 6.45) is -2.30. The normalized spacial score (nSPS) is 14.5. The Morgan fingerprint density at radius 3 is 2.55 bits per heavy atom. The van der Waals surface area contributed by atoms with Crippen molar-refractivity contribution < 1.29 is 22.7 Å². The van der Waals surface area contributed by atoms with Crippen LogP contribution in [-0.2, 0) is 19.3 Å². The smallest absolute Gasteiger partial charge is 0.416 e. The summed E-state index contributed by atoms with van der Waals surface area (Å²) < 4.78 is 45.5. The highest BCUT2D eigenvalue weighted by molar-refractivity contribution is 5.81. The first-order valence-electron chi connectivity index (χ1n) is 10.2. The third-order valence-electron chi connectivity index (χ3n) is 5.53. The van der Waals surface area contributed by atoms with Gasteiger partial charge in [0.05, 0.1) is 12.2 Å². The van der Waals surface area contributed by atoms with Gasteiger partial charge in [-0.2, -0.15) is 13.2 Å². The average molecular weight is 431 g/mol. The number of aryl methyl sites for hydroxylation is 1. The summed E-state index contributed by atoms with van der Waals surface area (Å²) in [6, 6.07) is 12.8. The summed E-state index contributed by atoms with van der Waals surface area (Å²) in [6.45, 7) is 4.95. The van der Waals surface area contributed by atoms with Crippen LogP contribution in [0, 0.1) is 5.92 Å². The minimum atomic E-state index is -4.35. The highest BCUT2D eigenvalue weighted by atomic mass is 19.4. The van der Waals surface area contributed by atoms with Crippen LogP contribution in [0.4, 0.5) is 18.0 Å². The predicted octanol–water partition coefficient (Wildman–Crippen LogP) is 4.90. The van der Waals surface area contributed by atoms with Gasteiger partial charge >= 0.3 is 12.2 Å². The molecular weight excluding hydrogens is 407 g/mol. The molecule has 31 heavy (non-hydrogen) atoms. The Hall–Kier alpha value is -3.16. The fourth-order valence-electron chi connectivity index (χ4n) is 3.72. The highest BCUT2D eigenvalue weighted by Crippen LogP contribution is 2.30. The van der Waals surface area contributed by atoms with E-state index < -0.39 is 11.7 Å². The third kappa shape index (κ3) is 4.78. The molecule has 1 N–H and O–H groups in total. The summed E-state index contributed by atoms with van der Waals surface area (Å²) in [4.78, 5) is 14.0. The summed E-state index contributed by atoms with van der Waals surface area (Å²) in [5.74, 6) is 0.557. The number of hydrogen-bond acceptors (Lipinski definition) is 2. The van der Waals surface area contributed by atoms with Gasteiger partial charge in [-0.1, -0.05) is 6.07 Å². The molecule has 2 aromatic carbocycles. The van der Waals surface area contributed by atoms with Gasteiger partial charge in [0.15, 0.2) is 0 Å². The Kier molecular flexibility index (Phi) is 5.80. The lowest BCUT2D eigenvalue weighted by Crippen LogP contribution is -2.55. The van der Waals surface area contributed by atoms with Crippen molar-refractivity contribution in [2.45, 2.75) is 26.2 Å². The summed E-state index contributed by atoms with van der Waals surface area (Å²) in [5.41, 5.74) is 1.52. The van der Waals surface area contributed by atoms with E-state index in [-0.39, 0.29) is 11.9 Å². The zero-order valence-electron chi connectivity index (χ0n) is 17.2. The van der Waals surface area contributed by atoms with Crippen molar-refractivity contribution >= 4 is 16.9 Å². The number of rotatable bonds is 6. The van der Waals surface area contributed by atoms with Crippen molar-refractivity contribution in [3.8, 4) is 5.75 Å². The lowest BCUT2D eigenvalue weighted by molar-refractivity contribution is -0.137. The molecule has 1 aliphatic rings. The minimum Gasteiger partial charge on any atom is -0.493 e. The molecule has 0 unspecified atom stereocenters. The molecule has 5 nitrogen and oxygen atoms in total. The van der Waals surface area contributed by atoms with Crippen molar-refractivity contribution in [2.75, 3.05) is 19.7 Å². The number of carbonyl (C=O) groups is 1. The molecule has 2 heterocycles. The van der Waals surface area contributed by atoms with E-state index in [1.807, 2.05) is 6.07 Å². The van der Waals surface area contributed by atoms with E-state index in [0.717, 1.165) is 29.6 Å². The van der Waals surface area contributed by atoms with Gasteiger partial charge in [-0.05, 0) is 60.3 Å². The number of ether oxygens (including phenoxy) is 1. The highest BCUT2D eigenvalue weighted by Gasteiger charge is 2.32. The number of hydrogen-bond donors (Lipinski definition) is 1. The quantitative estimate of drug-likeness (QED) is 0.604. The zero-order valence-corrected chi connectivity index (χ0v) is 17.2. The van der Waals surface area contributed by atoms with Crippen molar-refractivity contribution in [2.24, 2.45) is 5.92 Å². The third-order valence-corrected chi connectivity index (χ3v) is 5.53. The molecule has 2 amide bonds. The lowest BCUT2D eigenvalue weighted by Gasteiger charge is -2.38. The van der Waals surface area contributed by atoms with Crippen molar-refractivity contribution in [3.63, 3.8) is 0 Å². The Labute approximate surface area is 178 Å². The maximum Gasteiger partial charge on any atom is 0.416 e. The van der Waals surface area contributed by atoms with Crippen LogP contribution in [0.2, 0.25) is 0 Å². The summed E-state index contributed by atoms with van der Waals surface area (Å²) >= 11 is 0. The van der Waals surface area contributed by atoms with Crippen molar-refractivity contribution in [1.82, 2.24) is 14.8 Å². The van der Waals surface area contributed by atoms with Crippen molar-refractivity contribution in [3.05, 3.63) is 65.9 Å². The molecule has 1 aromatic heterocycles. The molecule has 0 radical (unpaired) electrons. The number of urea groups is 1. The molecule has 0 aliphatic carbocycles. The molecule has 0 spiro atoms. The van der Waals surface area contributed by atoms with Gasteiger partial charge in [0.2, 0.25) is 0 Å². The number of aromatic nitrogens is 1.